The van der Waals surface area contributed by atoms with Gasteiger partial charge in [0.15, 0.2) is 4.34 Å². The second kappa shape index (κ2) is 8.81. The molecule has 0 unspecified atom stereocenters. The topological polar surface area (TPSA) is 96.0 Å². The lowest BCUT2D eigenvalue weighted by Crippen LogP contribution is -2.27. The van der Waals surface area contributed by atoms with Gasteiger partial charge in [-0.05, 0) is 25.0 Å². The van der Waals surface area contributed by atoms with Gasteiger partial charge in [-0.25, -0.2) is 0 Å². The summed E-state index contributed by atoms with van der Waals surface area (Å²) in [5.74, 6) is -0.162. The number of carbonyl (C=O) groups excluding carboxylic acids is 2. The Balaban J connectivity index is 1.53. The van der Waals surface area contributed by atoms with Crippen molar-refractivity contribution in [2.24, 2.45) is 0 Å². The third kappa shape index (κ3) is 5.30. The molecule has 0 radical (unpaired) electrons. The molecule has 9 heteroatoms. The highest BCUT2D eigenvalue weighted by molar-refractivity contribution is 8.01. The summed E-state index contributed by atoms with van der Waals surface area (Å²) in [6.07, 6.45) is 3.77. The number of hydrogen-bond acceptors (Lipinski definition) is 7. The molecule has 0 aliphatic heterocycles. The summed E-state index contributed by atoms with van der Waals surface area (Å²) in [5.41, 5.74) is 0.992. The van der Waals surface area contributed by atoms with Crippen LogP contribution in [-0.4, -0.2) is 40.4 Å². The number of nitrogens with one attached hydrogen (secondary N) is 3. The second-order valence-electron chi connectivity index (χ2n) is 5.67. The lowest BCUT2D eigenvalue weighted by molar-refractivity contribution is -0.113. The minimum Gasteiger partial charge on any atom is -0.357 e. The molecule has 3 N–H and O–H groups in total. The van der Waals surface area contributed by atoms with Gasteiger partial charge in [0.1, 0.15) is 0 Å². The van der Waals surface area contributed by atoms with E-state index in [2.05, 4.69) is 32.7 Å². The molecule has 0 atom stereocenters. The van der Waals surface area contributed by atoms with E-state index in [4.69, 9.17) is 0 Å². The number of aromatic nitrogens is 2. The highest BCUT2D eigenvalue weighted by Crippen LogP contribution is 2.26. The first kappa shape index (κ1) is 18.4. The van der Waals surface area contributed by atoms with Crippen LogP contribution in [0.4, 0.5) is 10.8 Å². The Hall–Kier alpha value is -2.39. The van der Waals surface area contributed by atoms with Gasteiger partial charge in [0.25, 0.3) is 5.91 Å². The maximum atomic E-state index is 12.3. The van der Waals surface area contributed by atoms with E-state index in [0.717, 1.165) is 12.8 Å². The van der Waals surface area contributed by atoms with Crippen LogP contribution in [0.5, 0.6) is 0 Å². The van der Waals surface area contributed by atoms with Gasteiger partial charge in [-0.2, -0.15) is 0 Å². The zero-order chi connectivity index (χ0) is 18.4. The summed E-state index contributed by atoms with van der Waals surface area (Å²) >= 11 is 2.68. The number of amides is 2. The molecule has 1 aliphatic rings. The van der Waals surface area contributed by atoms with E-state index in [1.165, 1.54) is 23.1 Å². The minimum atomic E-state index is -0.197. The van der Waals surface area contributed by atoms with E-state index < -0.39 is 0 Å². The summed E-state index contributed by atoms with van der Waals surface area (Å²) in [5, 5.41) is 17.5. The number of thioether (sulfide) groups is 1. The molecule has 1 aromatic carbocycles. The number of nitrogens with zero attached hydrogens (tertiary/aromatic N) is 2. The van der Waals surface area contributed by atoms with Crippen LogP contribution in [0.1, 0.15) is 23.2 Å². The summed E-state index contributed by atoms with van der Waals surface area (Å²) in [7, 11) is 0. The summed E-state index contributed by atoms with van der Waals surface area (Å²) < 4.78 is 0.700. The van der Waals surface area contributed by atoms with Gasteiger partial charge in [0.05, 0.1) is 17.0 Å². The first-order valence-electron chi connectivity index (χ1n) is 8.16. The van der Waals surface area contributed by atoms with Crippen LogP contribution >= 0.6 is 23.1 Å². The van der Waals surface area contributed by atoms with Gasteiger partial charge in [-0.1, -0.05) is 41.3 Å². The van der Waals surface area contributed by atoms with Crippen molar-refractivity contribution in [2.45, 2.75) is 23.2 Å². The zero-order valence-corrected chi connectivity index (χ0v) is 15.7. The van der Waals surface area contributed by atoms with Crippen molar-refractivity contribution in [1.82, 2.24) is 15.5 Å². The molecule has 0 saturated heterocycles. The van der Waals surface area contributed by atoms with Crippen molar-refractivity contribution in [3.8, 4) is 0 Å². The van der Waals surface area contributed by atoms with Crippen molar-refractivity contribution in [3.63, 3.8) is 0 Å². The standard InChI is InChI=1S/C17H19N5O2S2/c1-2-9-18-16-21-22-17(26-16)25-10-14(23)20-13-6-4-3-5-12(13)15(24)19-11-7-8-11/h2-6,11H,1,7-10H2,(H,18,21)(H,19,24)(H,20,23). The maximum absolute atomic E-state index is 12.3. The molecule has 0 bridgehead atoms. The Bertz CT molecular complexity index is 804. The number of hydrogen-bond donors (Lipinski definition) is 3. The molecular weight excluding hydrogens is 370 g/mol. The normalized spacial score (nSPS) is 13.1. The molecule has 0 spiro atoms. The van der Waals surface area contributed by atoms with Crippen LogP contribution in [0.2, 0.25) is 0 Å². The predicted molar refractivity (Wildman–Crippen MR) is 105 cm³/mol. The smallest absolute Gasteiger partial charge is 0.253 e. The van der Waals surface area contributed by atoms with Gasteiger partial charge < -0.3 is 16.0 Å². The Kier molecular flexibility index (Phi) is 6.24. The Labute approximate surface area is 159 Å². The molecule has 1 aromatic heterocycles. The van der Waals surface area contributed by atoms with E-state index in [0.29, 0.717) is 27.3 Å². The second-order valence-corrected chi connectivity index (χ2v) is 7.87. The number of para-hydroxylation sites is 1. The Morgan fingerprint density at radius 3 is 2.88 bits per heavy atom. The van der Waals surface area contributed by atoms with Crippen LogP contribution in [0.25, 0.3) is 0 Å². The monoisotopic (exact) mass is 389 g/mol. The van der Waals surface area contributed by atoms with E-state index in [1.54, 1.807) is 30.3 Å². The highest BCUT2D eigenvalue weighted by atomic mass is 32.2. The summed E-state index contributed by atoms with van der Waals surface area (Å²) in [4.78, 5) is 24.5. The van der Waals surface area contributed by atoms with Gasteiger partial charge in [-0.3, -0.25) is 9.59 Å². The molecule has 26 heavy (non-hydrogen) atoms. The largest absolute Gasteiger partial charge is 0.357 e. The lowest BCUT2D eigenvalue weighted by Gasteiger charge is -2.10. The average molecular weight is 390 g/mol. The first-order valence-corrected chi connectivity index (χ1v) is 9.96. The van der Waals surface area contributed by atoms with Crippen LogP contribution in [-0.2, 0) is 4.79 Å². The Morgan fingerprint density at radius 1 is 1.31 bits per heavy atom. The molecule has 136 valence electrons. The number of anilines is 2. The molecule has 1 heterocycles. The molecule has 2 aromatic rings. The van der Waals surface area contributed by atoms with Crippen molar-refractivity contribution in [1.29, 1.82) is 0 Å². The van der Waals surface area contributed by atoms with Crippen molar-refractivity contribution < 1.29 is 9.59 Å². The molecule has 1 fully saturated rings. The van der Waals surface area contributed by atoms with Crippen LogP contribution in [0, 0.1) is 0 Å². The van der Waals surface area contributed by atoms with E-state index in [-0.39, 0.29) is 23.6 Å². The quantitative estimate of drug-likeness (QED) is 0.451. The molecule has 1 saturated carbocycles. The molecular formula is C17H19N5O2S2. The lowest BCUT2D eigenvalue weighted by atomic mass is 10.1. The number of benzene rings is 1. The van der Waals surface area contributed by atoms with Crippen molar-refractivity contribution in [2.75, 3.05) is 22.9 Å². The number of rotatable bonds is 9. The SMILES string of the molecule is C=CCNc1nnc(SCC(=O)Nc2ccccc2C(=O)NC2CC2)s1. The molecule has 3 rings (SSSR count). The fraction of sp³-hybridized carbons (Fsp3) is 0.294. The maximum Gasteiger partial charge on any atom is 0.253 e. The third-order valence-electron chi connectivity index (χ3n) is 3.49. The van der Waals surface area contributed by atoms with E-state index in [9.17, 15) is 9.59 Å². The highest BCUT2D eigenvalue weighted by Gasteiger charge is 2.25. The molecule has 1 aliphatic carbocycles. The first-order chi connectivity index (χ1) is 12.7. The van der Waals surface area contributed by atoms with Crippen LogP contribution in [0.3, 0.4) is 0 Å². The Morgan fingerprint density at radius 2 is 2.12 bits per heavy atom. The van der Waals surface area contributed by atoms with E-state index in [1.807, 2.05) is 0 Å². The van der Waals surface area contributed by atoms with Gasteiger partial charge in [-0.15, -0.1) is 16.8 Å². The zero-order valence-electron chi connectivity index (χ0n) is 14.0. The van der Waals surface area contributed by atoms with Crippen LogP contribution in [0.15, 0.2) is 41.3 Å². The van der Waals surface area contributed by atoms with Gasteiger partial charge >= 0.3 is 0 Å². The minimum absolute atomic E-state index is 0.155. The molecule has 7 nitrogen and oxygen atoms in total. The van der Waals surface area contributed by atoms with Gasteiger partial charge in [0, 0.05) is 12.6 Å². The number of carbonyl (C=O) groups is 2. The van der Waals surface area contributed by atoms with Crippen LogP contribution < -0.4 is 16.0 Å². The summed E-state index contributed by atoms with van der Waals surface area (Å²) in [6, 6.07) is 7.28. The molecule has 2 amide bonds. The van der Waals surface area contributed by atoms with E-state index >= 15 is 0 Å². The average Bonchev–Trinajstić information content (AvgIpc) is 3.33. The predicted octanol–water partition coefficient (Wildman–Crippen LogP) is 2.76. The summed E-state index contributed by atoms with van der Waals surface area (Å²) in [6.45, 7) is 4.24. The van der Waals surface area contributed by atoms with Gasteiger partial charge in [0.2, 0.25) is 11.0 Å². The van der Waals surface area contributed by atoms with Crippen molar-refractivity contribution in [3.05, 3.63) is 42.5 Å². The van der Waals surface area contributed by atoms with Crippen molar-refractivity contribution >= 4 is 45.7 Å². The fourth-order valence-corrected chi connectivity index (χ4v) is 3.65. The third-order valence-corrected chi connectivity index (χ3v) is 5.50. The fourth-order valence-electron chi connectivity index (χ4n) is 2.09.